The summed E-state index contributed by atoms with van der Waals surface area (Å²) in [6.45, 7) is 13.2. The van der Waals surface area contributed by atoms with E-state index in [9.17, 15) is 0 Å². The van der Waals surface area contributed by atoms with E-state index in [1.165, 1.54) is 37.8 Å². The van der Waals surface area contributed by atoms with Crippen molar-refractivity contribution in [3.05, 3.63) is 0 Å². The molecule has 0 aromatic heterocycles. The summed E-state index contributed by atoms with van der Waals surface area (Å²) >= 11 is 0. The molecule has 1 heterocycles. The molecule has 1 aliphatic heterocycles. The fourth-order valence-electron chi connectivity index (χ4n) is 4.03. The van der Waals surface area contributed by atoms with E-state index in [2.05, 4.69) is 41.5 Å². The van der Waals surface area contributed by atoms with Crippen molar-refractivity contribution in [2.45, 2.75) is 91.2 Å². The third-order valence-corrected chi connectivity index (χ3v) is 6.53. The van der Waals surface area contributed by atoms with Gasteiger partial charge in [-0.2, -0.15) is 5.10 Å². The third kappa shape index (κ3) is 5.00. The van der Waals surface area contributed by atoms with Crippen LogP contribution >= 0.6 is 0 Å². The van der Waals surface area contributed by atoms with Crippen molar-refractivity contribution >= 4 is 12.8 Å². The van der Waals surface area contributed by atoms with Gasteiger partial charge in [-0.3, -0.25) is 0 Å². The molecule has 0 spiro atoms. The van der Waals surface area contributed by atoms with Crippen LogP contribution < -0.4 is 0 Å². The number of hydrogen-bond donors (Lipinski definition) is 0. The summed E-state index contributed by atoms with van der Waals surface area (Å²) in [6.07, 6.45) is 7.57. The van der Waals surface area contributed by atoms with Crippen LogP contribution in [0.5, 0.6) is 0 Å². The van der Waals surface area contributed by atoms with Crippen LogP contribution in [0.1, 0.15) is 73.6 Å². The first-order valence-electron chi connectivity index (χ1n) is 10.1. The Morgan fingerprint density at radius 1 is 1.04 bits per heavy atom. The zero-order valence-electron chi connectivity index (χ0n) is 17.8. The topological polar surface area (TPSA) is 34.1 Å². The van der Waals surface area contributed by atoms with E-state index in [0.717, 1.165) is 6.32 Å². The van der Waals surface area contributed by atoms with Gasteiger partial charge in [0.15, 0.2) is 0 Å². The quantitative estimate of drug-likeness (QED) is 0.390. The number of hydrazone groups is 1. The molecule has 0 radical (unpaired) electrons. The van der Waals surface area contributed by atoms with Gasteiger partial charge in [0.25, 0.3) is 0 Å². The molecule has 0 aromatic carbocycles. The SMILES string of the molecule is C[C@@H](CB1OC(C)(C)C(C)(C)O1)[C@@H](C)/C(=N/N(C)C)C1CCCCC1. The second kappa shape index (κ2) is 8.00. The lowest BCUT2D eigenvalue weighted by molar-refractivity contribution is 0.00578. The first-order chi connectivity index (χ1) is 11.5. The first-order valence-corrected chi connectivity index (χ1v) is 10.1. The Kier molecular flexibility index (Phi) is 6.64. The summed E-state index contributed by atoms with van der Waals surface area (Å²) in [7, 11) is 3.96. The summed E-state index contributed by atoms with van der Waals surface area (Å²) in [6, 6.07) is 0. The molecular weight excluding hydrogens is 311 g/mol. The molecule has 5 heteroatoms. The number of nitrogens with zero attached hydrogens (tertiary/aromatic N) is 2. The van der Waals surface area contributed by atoms with Crippen LogP contribution in [-0.4, -0.2) is 43.1 Å². The maximum atomic E-state index is 6.22. The molecule has 0 N–H and O–H groups in total. The monoisotopic (exact) mass is 350 g/mol. The van der Waals surface area contributed by atoms with Gasteiger partial charge < -0.3 is 14.3 Å². The van der Waals surface area contributed by atoms with Gasteiger partial charge in [-0.05, 0) is 64.6 Å². The van der Waals surface area contributed by atoms with Crippen LogP contribution in [0.25, 0.3) is 0 Å². The Morgan fingerprint density at radius 2 is 1.56 bits per heavy atom. The molecule has 0 aromatic rings. The molecule has 1 aliphatic carbocycles. The van der Waals surface area contributed by atoms with Crippen molar-refractivity contribution in [2.24, 2.45) is 22.9 Å². The van der Waals surface area contributed by atoms with Gasteiger partial charge in [-0.25, -0.2) is 0 Å². The second-order valence-corrected chi connectivity index (χ2v) is 9.39. The van der Waals surface area contributed by atoms with E-state index in [-0.39, 0.29) is 18.3 Å². The molecular formula is C20H39BN2O2. The Bertz CT molecular complexity index is 454. The zero-order chi connectivity index (χ0) is 18.8. The normalized spacial score (nSPS) is 26.6. The molecule has 144 valence electrons. The van der Waals surface area contributed by atoms with E-state index < -0.39 is 0 Å². The number of hydrogen-bond acceptors (Lipinski definition) is 4. The fourth-order valence-corrected chi connectivity index (χ4v) is 4.03. The highest BCUT2D eigenvalue weighted by Crippen LogP contribution is 2.40. The van der Waals surface area contributed by atoms with Gasteiger partial charge in [-0.1, -0.05) is 33.1 Å². The highest BCUT2D eigenvalue weighted by Gasteiger charge is 2.51. The van der Waals surface area contributed by atoms with E-state index in [1.54, 1.807) is 0 Å². The van der Waals surface area contributed by atoms with Gasteiger partial charge in [0.05, 0.1) is 11.2 Å². The largest absolute Gasteiger partial charge is 0.458 e. The van der Waals surface area contributed by atoms with Gasteiger partial charge in [0.2, 0.25) is 0 Å². The Balaban J connectivity index is 2.04. The van der Waals surface area contributed by atoms with Crippen molar-refractivity contribution in [1.82, 2.24) is 5.01 Å². The highest BCUT2D eigenvalue weighted by molar-refractivity contribution is 6.45. The van der Waals surface area contributed by atoms with Crippen LogP contribution in [-0.2, 0) is 9.31 Å². The lowest BCUT2D eigenvalue weighted by atomic mass is 9.70. The van der Waals surface area contributed by atoms with Crippen molar-refractivity contribution in [3.63, 3.8) is 0 Å². The predicted molar refractivity (Wildman–Crippen MR) is 107 cm³/mol. The highest BCUT2D eigenvalue weighted by atomic mass is 16.7. The van der Waals surface area contributed by atoms with Gasteiger partial charge >= 0.3 is 7.12 Å². The lowest BCUT2D eigenvalue weighted by Gasteiger charge is -2.32. The van der Waals surface area contributed by atoms with E-state index in [4.69, 9.17) is 14.4 Å². The van der Waals surface area contributed by atoms with Crippen LogP contribution in [0.3, 0.4) is 0 Å². The van der Waals surface area contributed by atoms with E-state index in [1.807, 2.05) is 19.1 Å². The van der Waals surface area contributed by atoms with Gasteiger partial charge in [-0.15, -0.1) is 0 Å². The van der Waals surface area contributed by atoms with Crippen molar-refractivity contribution in [3.8, 4) is 0 Å². The van der Waals surface area contributed by atoms with Crippen LogP contribution in [0.15, 0.2) is 5.10 Å². The second-order valence-electron chi connectivity index (χ2n) is 9.39. The predicted octanol–water partition coefficient (Wildman–Crippen LogP) is 4.85. The van der Waals surface area contributed by atoms with Crippen LogP contribution in [0.4, 0.5) is 0 Å². The minimum atomic E-state index is -0.245. The fraction of sp³-hybridized carbons (Fsp3) is 0.950. The van der Waals surface area contributed by atoms with Crippen molar-refractivity contribution in [2.75, 3.05) is 14.1 Å². The molecule has 25 heavy (non-hydrogen) atoms. The van der Waals surface area contributed by atoms with Crippen molar-refractivity contribution in [1.29, 1.82) is 0 Å². The molecule has 0 amide bonds. The van der Waals surface area contributed by atoms with E-state index >= 15 is 0 Å². The molecule has 4 nitrogen and oxygen atoms in total. The Morgan fingerprint density at radius 3 is 2.04 bits per heavy atom. The average Bonchev–Trinajstić information content (AvgIpc) is 2.71. The molecule has 0 unspecified atom stereocenters. The summed E-state index contributed by atoms with van der Waals surface area (Å²) in [5, 5.41) is 6.90. The van der Waals surface area contributed by atoms with Gasteiger partial charge in [0, 0.05) is 19.8 Å². The summed E-state index contributed by atoms with van der Waals surface area (Å²) in [5.41, 5.74) is 0.892. The van der Waals surface area contributed by atoms with Crippen LogP contribution in [0.2, 0.25) is 6.32 Å². The smallest absolute Gasteiger partial charge is 0.403 e. The van der Waals surface area contributed by atoms with Crippen molar-refractivity contribution < 1.29 is 9.31 Å². The molecule has 0 bridgehead atoms. The molecule has 2 atom stereocenters. The maximum absolute atomic E-state index is 6.22. The summed E-state index contributed by atoms with van der Waals surface area (Å²) in [5.74, 6) is 1.58. The minimum Gasteiger partial charge on any atom is -0.403 e. The Labute approximate surface area is 155 Å². The minimum absolute atomic E-state index is 0.116. The molecule has 1 saturated heterocycles. The first kappa shape index (κ1) is 20.8. The zero-order valence-corrected chi connectivity index (χ0v) is 17.8. The number of rotatable bonds is 6. The molecule has 1 saturated carbocycles. The standard InChI is InChI=1S/C20H39BN2O2/c1-15(14-21-24-19(3,4)20(5,6)25-21)16(2)18(22-23(7)8)17-12-10-9-11-13-17/h15-17H,9-14H2,1-8H3/b22-18-/t15-,16+/m0/s1. The van der Waals surface area contributed by atoms with Crippen LogP contribution in [0, 0.1) is 17.8 Å². The summed E-state index contributed by atoms with van der Waals surface area (Å²) < 4.78 is 12.4. The third-order valence-electron chi connectivity index (χ3n) is 6.53. The Hall–Kier alpha value is -0.545. The molecule has 2 fully saturated rings. The average molecular weight is 350 g/mol. The molecule has 2 aliphatic rings. The maximum Gasteiger partial charge on any atom is 0.458 e. The lowest BCUT2D eigenvalue weighted by Crippen LogP contribution is -2.41. The van der Waals surface area contributed by atoms with E-state index in [0.29, 0.717) is 17.8 Å². The van der Waals surface area contributed by atoms with Gasteiger partial charge in [0.1, 0.15) is 0 Å². The molecule has 2 rings (SSSR count). The summed E-state index contributed by atoms with van der Waals surface area (Å²) in [4.78, 5) is 0.